The lowest BCUT2D eigenvalue weighted by Gasteiger charge is -2.14. The maximum absolute atomic E-state index is 12.8. The number of anilines is 2. The van der Waals surface area contributed by atoms with Crippen molar-refractivity contribution < 1.29 is 14.3 Å². The molecule has 3 rings (SSSR count). The summed E-state index contributed by atoms with van der Waals surface area (Å²) in [4.78, 5) is 25.2. The Bertz CT molecular complexity index is 1130. The van der Waals surface area contributed by atoms with Crippen LogP contribution < -0.4 is 20.7 Å². The van der Waals surface area contributed by atoms with Gasteiger partial charge in [0.1, 0.15) is 5.75 Å². The van der Waals surface area contributed by atoms with Crippen LogP contribution >= 0.6 is 35.4 Å². The van der Waals surface area contributed by atoms with Gasteiger partial charge in [0.25, 0.3) is 11.8 Å². The van der Waals surface area contributed by atoms with Crippen molar-refractivity contribution in [2.45, 2.75) is 6.92 Å². The number of halogens is 2. The Morgan fingerprint density at radius 2 is 1.56 bits per heavy atom. The molecule has 0 aliphatic heterocycles. The van der Waals surface area contributed by atoms with E-state index in [9.17, 15) is 9.59 Å². The van der Waals surface area contributed by atoms with Crippen LogP contribution in [0, 0.1) is 0 Å². The number of carbonyl (C=O) groups excluding carboxylic acids is 2. The van der Waals surface area contributed by atoms with E-state index in [0.29, 0.717) is 33.6 Å². The van der Waals surface area contributed by atoms with Crippen molar-refractivity contribution in [2.75, 3.05) is 17.2 Å². The number of nitrogens with one attached hydrogen (secondary N) is 3. The Labute approximate surface area is 200 Å². The average molecular weight is 488 g/mol. The van der Waals surface area contributed by atoms with E-state index in [-0.39, 0.29) is 16.6 Å². The minimum atomic E-state index is -0.483. The number of amides is 2. The number of hydrogen-bond acceptors (Lipinski definition) is 4. The van der Waals surface area contributed by atoms with Gasteiger partial charge in [-0.15, -0.1) is 0 Å². The molecule has 32 heavy (non-hydrogen) atoms. The smallest absolute Gasteiger partial charge is 0.257 e. The molecule has 0 saturated heterocycles. The molecule has 0 heterocycles. The van der Waals surface area contributed by atoms with Crippen LogP contribution in [0.2, 0.25) is 10.0 Å². The molecule has 6 nitrogen and oxygen atoms in total. The highest BCUT2D eigenvalue weighted by atomic mass is 35.5. The molecule has 3 aromatic rings. The molecule has 0 aromatic heterocycles. The average Bonchev–Trinajstić information content (AvgIpc) is 2.75. The Balaban J connectivity index is 1.68. The second kappa shape index (κ2) is 10.9. The van der Waals surface area contributed by atoms with Crippen LogP contribution in [0.4, 0.5) is 11.4 Å². The zero-order valence-electron chi connectivity index (χ0n) is 16.9. The molecule has 0 aliphatic carbocycles. The van der Waals surface area contributed by atoms with Crippen LogP contribution in [-0.2, 0) is 0 Å². The molecule has 3 aromatic carbocycles. The third kappa shape index (κ3) is 6.43. The lowest BCUT2D eigenvalue weighted by Crippen LogP contribution is -2.34. The summed E-state index contributed by atoms with van der Waals surface area (Å²) in [5.41, 5.74) is 1.66. The van der Waals surface area contributed by atoms with E-state index in [1.807, 2.05) is 6.92 Å². The van der Waals surface area contributed by atoms with Crippen molar-refractivity contribution in [3.05, 3.63) is 87.9 Å². The van der Waals surface area contributed by atoms with E-state index < -0.39 is 5.91 Å². The summed E-state index contributed by atoms with van der Waals surface area (Å²) < 4.78 is 5.40. The van der Waals surface area contributed by atoms with E-state index >= 15 is 0 Å². The SMILES string of the molecule is CCOc1ccc(NC(=O)c2ccccc2NC(=S)NC(=O)c2cc(Cl)cc(Cl)c2)cc1. The Hall–Kier alpha value is -3.13. The van der Waals surface area contributed by atoms with E-state index in [0.717, 1.165) is 5.75 Å². The van der Waals surface area contributed by atoms with Crippen molar-refractivity contribution in [2.24, 2.45) is 0 Å². The molecule has 0 bridgehead atoms. The molecule has 0 atom stereocenters. The molecular formula is C23H19Cl2N3O3S. The molecule has 2 amide bonds. The highest BCUT2D eigenvalue weighted by Gasteiger charge is 2.14. The molecule has 164 valence electrons. The Morgan fingerprint density at radius 1 is 0.906 bits per heavy atom. The predicted molar refractivity (Wildman–Crippen MR) is 132 cm³/mol. The van der Waals surface area contributed by atoms with Gasteiger partial charge in [-0.05, 0) is 73.7 Å². The lowest BCUT2D eigenvalue weighted by atomic mass is 10.1. The van der Waals surface area contributed by atoms with Crippen molar-refractivity contribution >= 4 is 63.7 Å². The molecule has 0 radical (unpaired) electrons. The molecule has 9 heteroatoms. The topological polar surface area (TPSA) is 79.5 Å². The van der Waals surface area contributed by atoms with Gasteiger partial charge >= 0.3 is 0 Å². The zero-order valence-corrected chi connectivity index (χ0v) is 19.3. The minimum Gasteiger partial charge on any atom is -0.494 e. The Kier molecular flexibility index (Phi) is 8.05. The molecule has 0 fully saturated rings. The summed E-state index contributed by atoms with van der Waals surface area (Å²) in [6.07, 6.45) is 0. The molecule has 0 spiro atoms. The van der Waals surface area contributed by atoms with Gasteiger partial charge in [0.2, 0.25) is 0 Å². The maximum Gasteiger partial charge on any atom is 0.257 e. The standard InChI is InChI=1S/C23H19Cl2N3O3S/c1-2-31-18-9-7-17(8-10-18)26-22(30)19-5-3-4-6-20(19)27-23(32)28-21(29)14-11-15(24)13-16(25)12-14/h3-13H,2H2,1H3,(H,26,30)(H2,27,28,29,32). The third-order valence-electron chi connectivity index (χ3n) is 4.19. The first-order valence-corrected chi connectivity index (χ1v) is 10.7. The first-order valence-electron chi connectivity index (χ1n) is 9.57. The van der Waals surface area contributed by atoms with Gasteiger partial charge in [-0.2, -0.15) is 0 Å². The number of benzene rings is 3. The summed E-state index contributed by atoms with van der Waals surface area (Å²) in [6.45, 7) is 2.46. The summed E-state index contributed by atoms with van der Waals surface area (Å²) in [5.74, 6) is -0.106. The van der Waals surface area contributed by atoms with E-state index in [4.69, 9.17) is 40.2 Å². The summed E-state index contributed by atoms with van der Waals surface area (Å²) >= 11 is 17.1. The lowest BCUT2D eigenvalue weighted by molar-refractivity contribution is 0.0976. The second-order valence-electron chi connectivity index (χ2n) is 6.52. The van der Waals surface area contributed by atoms with Gasteiger partial charge in [-0.3, -0.25) is 14.9 Å². The highest BCUT2D eigenvalue weighted by molar-refractivity contribution is 7.80. The van der Waals surface area contributed by atoms with Crippen molar-refractivity contribution in [1.82, 2.24) is 5.32 Å². The van der Waals surface area contributed by atoms with Gasteiger partial charge in [0.15, 0.2) is 5.11 Å². The molecule has 0 saturated carbocycles. The van der Waals surface area contributed by atoms with Crippen molar-refractivity contribution in [3.8, 4) is 5.75 Å². The molecular weight excluding hydrogens is 469 g/mol. The van der Waals surface area contributed by atoms with Crippen molar-refractivity contribution in [1.29, 1.82) is 0 Å². The normalized spacial score (nSPS) is 10.2. The van der Waals surface area contributed by atoms with E-state index in [2.05, 4.69) is 16.0 Å². The monoisotopic (exact) mass is 487 g/mol. The van der Waals surface area contributed by atoms with Gasteiger partial charge in [-0.25, -0.2) is 0 Å². The minimum absolute atomic E-state index is 0.0208. The first kappa shape index (κ1) is 23.5. The van der Waals surface area contributed by atoms with Crippen molar-refractivity contribution in [3.63, 3.8) is 0 Å². The second-order valence-corrected chi connectivity index (χ2v) is 7.80. The van der Waals surface area contributed by atoms with Gasteiger partial charge in [0.05, 0.1) is 17.9 Å². The molecule has 3 N–H and O–H groups in total. The number of rotatable bonds is 6. The fourth-order valence-electron chi connectivity index (χ4n) is 2.80. The van der Waals surface area contributed by atoms with Gasteiger partial charge in [-0.1, -0.05) is 35.3 Å². The zero-order chi connectivity index (χ0) is 23.1. The summed E-state index contributed by atoms with van der Waals surface area (Å²) in [6, 6.07) is 18.3. The summed E-state index contributed by atoms with van der Waals surface area (Å²) in [5, 5.41) is 8.95. The fraction of sp³-hybridized carbons (Fsp3) is 0.0870. The number of thiocarbonyl (C=S) groups is 1. The number of hydrogen-bond donors (Lipinski definition) is 3. The van der Waals surface area contributed by atoms with E-state index in [1.54, 1.807) is 48.5 Å². The van der Waals surface area contributed by atoms with E-state index in [1.165, 1.54) is 18.2 Å². The third-order valence-corrected chi connectivity index (χ3v) is 4.84. The van der Waals surface area contributed by atoms with Gasteiger partial charge in [0, 0.05) is 21.3 Å². The van der Waals surface area contributed by atoms with Gasteiger partial charge < -0.3 is 15.4 Å². The van der Waals surface area contributed by atoms with Crippen LogP contribution in [0.25, 0.3) is 0 Å². The first-order chi connectivity index (χ1) is 15.4. The van der Waals surface area contributed by atoms with Crippen LogP contribution in [0.15, 0.2) is 66.7 Å². The maximum atomic E-state index is 12.8. The van der Waals surface area contributed by atoms with Crippen LogP contribution in [0.3, 0.4) is 0 Å². The Morgan fingerprint density at radius 3 is 2.22 bits per heavy atom. The largest absolute Gasteiger partial charge is 0.494 e. The molecule has 0 unspecified atom stereocenters. The highest BCUT2D eigenvalue weighted by Crippen LogP contribution is 2.21. The number of para-hydroxylation sites is 1. The predicted octanol–water partition coefficient (Wildman–Crippen LogP) is 5.77. The number of carbonyl (C=O) groups is 2. The quantitative estimate of drug-likeness (QED) is 0.384. The van der Waals surface area contributed by atoms with Crippen LogP contribution in [0.5, 0.6) is 5.75 Å². The summed E-state index contributed by atoms with van der Waals surface area (Å²) in [7, 11) is 0. The fourth-order valence-corrected chi connectivity index (χ4v) is 3.53. The molecule has 0 aliphatic rings. The number of ether oxygens (including phenoxy) is 1. The van der Waals surface area contributed by atoms with Crippen LogP contribution in [-0.4, -0.2) is 23.5 Å². The van der Waals surface area contributed by atoms with Crippen LogP contribution in [0.1, 0.15) is 27.6 Å².